The minimum absolute atomic E-state index is 0.275. The van der Waals surface area contributed by atoms with E-state index in [9.17, 15) is 4.79 Å². The number of carbonyl (C=O) groups is 1. The van der Waals surface area contributed by atoms with E-state index in [1.807, 2.05) is 12.1 Å². The summed E-state index contributed by atoms with van der Waals surface area (Å²) in [5.41, 5.74) is 0.856. The van der Waals surface area contributed by atoms with E-state index in [4.69, 9.17) is 14.7 Å². The monoisotopic (exact) mass is 331 g/mol. The summed E-state index contributed by atoms with van der Waals surface area (Å²) in [6.45, 7) is 0. The molecule has 0 aliphatic heterocycles. The molecule has 0 heterocycles. The van der Waals surface area contributed by atoms with E-state index in [1.165, 1.54) is 19.2 Å². The van der Waals surface area contributed by atoms with Crippen LogP contribution in [-0.2, 0) is 0 Å². The molecule has 5 heteroatoms. The lowest BCUT2D eigenvalue weighted by molar-refractivity contribution is 0.0729. The molecule has 0 radical (unpaired) electrons. The number of ether oxygens (including phenoxy) is 2. The summed E-state index contributed by atoms with van der Waals surface area (Å²) in [4.78, 5) is 12.0. The summed E-state index contributed by atoms with van der Waals surface area (Å²) in [6.07, 6.45) is 0. The van der Waals surface area contributed by atoms with Crippen molar-refractivity contribution < 1.29 is 14.3 Å². The van der Waals surface area contributed by atoms with Gasteiger partial charge in [0.15, 0.2) is 11.5 Å². The molecule has 0 amide bonds. The summed E-state index contributed by atoms with van der Waals surface area (Å²) in [7, 11) is 1.45. The Morgan fingerprint density at radius 3 is 2.65 bits per heavy atom. The highest BCUT2D eigenvalue weighted by molar-refractivity contribution is 9.10. The average Bonchev–Trinajstić information content (AvgIpc) is 2.47. The van der Waals surface area contributed by atoms with Crippen LogP contribution in [0, 0.1) is 11.3 Å². The number of benzene rings is 2. The largest absolute Gasteiger partial charge is 0.493 e. The quantitative estimate of drug-likeness (QED) is 0.637. The molecular formula is C15H10BrNO3. The van der Waals surface area contributed by atoms with E-state index in [1.54, 1.807) is 24.3 Å². The number of methoxy groups -OCH3 is 1. The molecule has 0 aliphatic carbocycles. The second-order valence-electron chi connectivity index (χ2n) is 3.88. The van der Waals surface area contributed by atoms with Crippen LogP contribution in [0.4, 0.5) is 0 Å². The number of esters is 1. The number of nitrogens with zero attached hydrogens (tertiary/aromatic N) is 1. The molecule has 0 bridgehead atoms. The maximum atomic E-state index is 12.0. The van der Waals surface area contributed by atoms with Crippen LogP contribution < -0.4 is 9.47 Å². The molecule has 0 saturated heterocycles. The third-order valence-corrected chi connectivity index (χ3v) is 3.05. The van der Waals surface area contributed by atoms with Gasteiger partial charge in [-0.15, -0.1) is 0 Å². The van der Waals surface area contributed by atoms with Gasteiger partial charge in [0.05, 0.1) is 24.3 Å². The van der Waals surface area contributed by atoms with Gasteiger partial charge in [-0.3, -0.25) is 0 Å². The van der Waals surface area contributed by atoms with Gasteiger partial charge in [0.25, 0.3) is 0 Å². The van der Waals surface area contributed by atoms with E-state index >= 15 is 0 Å². The van der Waals surface area contributed by atoms with Gasteiger partial charge < -0.3 is 9.47 Å². The fourth-order valence-corrected chi connectivity index (χ4v) is 1.99. The maximum Gasteiger partial charge on any atom is 0.343 e. The molecule has 0 N–H and O–H groups in total. The first-order valence-electron chi connectivity index (χ1n) is 5.70. The highest BCUT2D eigenvalue weighted by atomic mass is 79.9. The van der Waals surface area contributed by atoms with Gasteiger partial charge in [-0.05, 0) is 30.3 Å². The van der Waals surface area contributed by atoms with Crippen LogP contribution in [0.3, 0.4) is 0 Å². The summed E-state index contributed by atoms with van der Waals surface area (Å²) in [6, 6.07) is 13.5. The van der Waals surface area contributed by atoms with Gasteiger partial charge in [-0.2, -0.15) is 5.26 Å². The SMILES string of the molecule is COc1cc(C#N)ccc1OC(=O)c1cccc(Br)c1. The Kier molecular flexibility index (Phi) is 4.38. The third-order valence-electron chi connectivity index (χ3n) is 2.56. The molecule has 0 aliphatic rings. The highest BCUT2D eigenvalue weighted by Gasteiger charge is 2.13. The second-order valence-corrected chi connectivity index (χ2v) is 4.79. The predicted molar refractivity (Wildman–Crippen MR) is 76.8 cm³/mol. The third kappa shape index (κ3) is 3.16. The predicted octanol–water partition coefficient (Wildman–Crippen LogP) is 3.55. The van der Waals surface area contributed by atoms with Gasteiger partial charge in [0.1, 0.15) is 0 Å². The van der Waals surface area contributed by atoms with Crippen LogP contribution in [0.2, 0.25) is 0 Å². The van der Waals surface area contributed by atoms with Crippen LogP contribution in [0.1, 0.15) is 15.9 Å². The molecular weight excluding hydrogens is 322 g/mol. The summed E-state index contributed by atoms with van der Waals surface area (Å²) >= 11 is 3.29. The van der Waals surface area contributed by atoms with E-state index in [-0.39, 0.29) is 5.75 Å². The first-order valence-corrected chi connectivity index (χ1v) is 6.49. The van der Waals surface area contributed by atoms with Crippen molar-refractivity contribution in [3.63, 3.8) is 0 Å². The highest BCUT2D eigenvalue weighted by Crippen LogP contribution is 2.28. The second kappa shape index (κ2) is 6.22. The molecule has 0 spiro atoms. The lowest BCUT2D eigenvalue weighted by Gasteiger charge is -2.09. The van der Waals surface area contributed by atoms with Crippen LogP contribution in [0.25, 0.3) is 0 Å². The van der Waals surface area contributed by atoms with Crippen molar-refractivity contribution in [3.05, 3.63) is 58.1 Å². The first-order chi connectivity index (χ1) is 9.63. The Bertz CT molecular complexity index is 692. The Balaban J connectivity index is 2.26. The topological polar surface area (TPSA) is 59.3 Å². The van der Waals surface area contributed by atoms with Gasteiger partial charge in [-0.25, -0.2) is 4.79 Å². The van der Waals surface area contributed by atoms with Crippen molar-refractivity contribution in [2.24, 2.45) is 0 Å². The van der Waals surface area contributed by atoms with Gasteiger partial charge >= 0.3 is 5.97 Å². The van der Waals surface area contributed by atoms with Crippen molar-refractivity contribution >= 4 is 21.9 Å². The maximum absolute atomic E-state index is 12.0. The number of rotatable bonds is 3. The van der Waals surface area contributed by atoms with Gasteiger partial charge in [-0.1, -0.05) is 22.0 Å². The first kappa shape index (κ1) is 14.1. The zero-order chi connectivity index (χ0) is 14.5. The number of hydrogen-bond donors (Lipinski definition) is 0. The fraction of sp³-hybridized carbons (Fsp3) is 0.0667. The van der Waals surface area contributed by atoms with Crippen molar-refractivity contribution in [2.45, 2.75) is 0 Å². The van der Waals surface area contributed by atoms with Crippen LogP contribution in [-0.4, -0.2) is 13.1 Å². The standard InChI is InChI=1S/C15H10BrNO3/c1-19-14-7-10(9-17)5-6-13(14)20-15(18)11-3-2-4-12(16)8-11/h2-8H,1H3. The van der Waals surface area contributed by atoms with E-state index in [0.717, 1.165) is 4.47 Å². The molecule has 0 aromatic heterocycles. The van der Waals surface area contributed by atoms with Crippen molar-refractivity contribution in [1.29, 1.82) is 5.26 Å². The molecule has 2 aromatic rings. The molecule has 0 saturated carbocycles. The lowest BCUT2D eigenvalue weighted by atomic mass is 10.2. The molecule has 2 aromatic carbocycles. The Morgan fingerprint density at radius 2 is 2.00 bits per heavy atom. The smallest absolute Gasteiger partial charge is 0.343 e. The molecule has 2 rings (SSSR count). The number of carbonyl (C=O) groups excluding carboxylic acids is 1. The van der Waals surface area contributed by atoms with Gasteiger partial charge in [0.2, 0.25) is 0 Å². The molecule has 4 nitrogen and oxygen atoms in total. The molecule has 100 valence electrons. The minimum Gasteiger partial charge on any atom is -0.493 e. The van der Waals surface area contributed by atoms with Gasteiger partial charge in [0, 0.05) is 10.5 Å². The zero-order valence-corrected chi connectivity index (χ0v) is 12.2. The summed E-state index contributed by atoms with van der Waals surface area (Å²) in [5, 5.41) is 8.82. The molecule has 0 atom stereocenters. The normalized spacial score (nSPS) is 9.65. The zero-order valence-electron chi connectivity index (χ0n) is 10.6. The molecule has 20 heavy (non-hydrogen) atoms. The summed E-state index contributed by atoms with van der Waals surface area (Å²) in [5.74, 6) is 0.123. The lowest BCUT2D eigenvalue weighted by Crippen LogP contribution is -2.09. The average molecular weight is 332 g/mol. The number of halogens is 1. The Hall–Kier alpha value is -2.32. The van der Waals surface area contributed by atoms with Crippen molar-refractivity contribution in [2.75, 3.05) is 7.11 Å². The van der Waals surface area contributed by atoms with E-state index < -0.39 is 5.97 Å². The molecule has 0 fully saturated rings. The summed E-state index contributed by atoms with van der Waals surface area (Å²) < 4.78 is 11.2. The van der Waals surface area contributed by atoms with Crippen molar-refractivity contribution in [3.8, 4) is 17.6 Å². The number of hydrogen-bond acceptors (Lipinski definition) is 4. The van der Waals surface area contributed by atoms with E-state index in [2.05, 4.69) is 15.9 Å². The van der Waals surface area contributed by atoms with Crippen molar-refractivity contribution in [1.82, 2.24) is 0 Å². The Labute approximate surface area is 124 Å². The van der Waals surface area contributed by atoms with Crippen LogP contribution in [0.5, 0.6) is 11.5 Å². The van der Waals surface area contributed by atoms with Crippen LogP contribution >= 0.6 is 15.9 Å². The number of nitriles is 1. The fourth-order valence-electron chi connectivity index (χ4n) is 1.60. The van der Waals surface area contributed by atoms with E-state index in [0.29, 0.717) is 16.9 Å². The Morgan fingerprint density at radius 1 is 1.20 bits per heavy atom. The van der Waals surface area contributed by atoms with Crippen LogP contribution in [0.15, 0.2) is 46.9 Å². The minimum atomic E-state index is -0.491. The molecule has 0 unspecified atom stereocenters.